The fraction of sp³-hybridized carbons (Fsp3) is 0.714. The van der Waals surface area contributed by atoms with Gasteiger partial charge in [0.1, 0.15) is 5.82 Å². The molecule has 1 saturated heterocycles. The van der Waals surface area contributed by atoms with Gasteiger partial charge in [0.05, 0.1) is 0 Å². The van der Waals surface area contributed by atoms with Crippen molar-refractivity contribution in [3.63, 3.8) is 0 Å². The van der Waals surface area contributed by atoms with Crippen molar-refractivity contribution in [2.75, 3.05) is 25.4 Å². The summed E-state index contributed by atoms with van der Waals surface area (Å²) in [7, 11) is 0. The molecular formula is C21H33FN2. The Bertz CT molecular complexity index is 501. The zero-order chi connectivity index (χ0) is 16.8. The van der Waals surface area contributed by atoms with Gasteiger partial charge in [0.15, 0.2) is 0 Å². The van der Waals surface area contributed by atoms with Crippen molar-refractivity contribution < 1.29 is 4.39 Å². The summed E-state index contributed by atoms with van der Waals surface area (Å²) in [6.45, 7) is 3.76. The third kappa shape index (κ3) is 5.20. The molecule has 1 aromatic rings. The zero-order valence-electron chi connectivity index (χ0n) is 15.0. The van der Waals surface area contributed by atoms with Gasteiger partial charge in [-0.25, -0.2) is 4.39 Å². The molecule has 0 radical (unpaired) electrons. The van der Waals surface area contributed by atoms with E-state index < -0.39 is 0 Å². The van der Waals surface area contributed by atoms with E-state index in [0.717, 1.165) is 17.9 Å². The lowest BCUT2D eigenvalue weighted by Crippen LogP contribution is -2.37. The number of nitrogens with zero attached hydrogens (tertiary/aromatic N) is 1. The van der Waals surface area contributed by atoms with Crippen LogP contribution in [0, 0.1) is 17.7 Å². The summed E-state index contributed by atoms with van der Waals surface area (Å²) in [4.78, 5) is 2.69. The summed E-state index contributed by atoms with van der Waals surface area (Å²) in [5.74, 6) is 1.39. The Labute approximate surface area is 146 Å². The summed E-state index contributed by atoms with van der Waals surface area (Å²) in [6, 6.07) is 4.86. The van der Waals surface area contributed by atoms with E-state index in [0.29, 0.717) is 11.6 Å². The van der Waals surface area contributed by atoms with Crippen LogP contribution in [0.1, 0.15) is 63.4 Å². The van der Waals surface area contributed by atoms with Crippen LogP contribution in [0.25, 0.3) is 0 Å². The Morgan fingerprint density at radius 3 is 2.25 bits per heavy atom. The molecule has 2 N–H and O–H groups in total. The predicted molar refractivity (Wildman–Crippen MR) is 99.5 cm³/mol. The highest BCUT2D eigenvalue weighted by Crippen LogP contribution is 2.27. The maximum atomic E-state index is 13.2. The van der Waals surface area contributed by atoms with Crippen molar-refractivity contribution >= 4 is 5.69 Å². The van der Waals surface area contributed by atoms with Gasteiger partial charge in [-0.15, -0.1) is 0 Å². The van der Waals surface area contributed by atoms with Gasteiger partial charge in [-0.05, 0) is 74.7 Å². The quantitative estimate of drug-likeness (QED) is 0.784. The minimum Gasteiger partial charge on any atom is -0.398 e. The van der Waals surface area contributed by atoms with E-state index in [1.165, 1.54) is 89.6 Å². The van der Waals surface area contributed by atoms with Crippen LogP contribution in [-0.4, -0.2) is 24.5 Å². The van der Waals surface area contributed by atoms with Gasteiger partial charge < -0.3 is 10.6 Å². The molecule has 2 aliphatic rings. The first-order chi connectivity index (χ1) is 11.7. The maximum Gasteiger partial charge on any atom is 0.125 e. The molecule has 2 fully saturated rings. The Balaban J connectivity index is 1.43. The van der Waals surface area contributed by atoms with Crippen LogP contribution < -0.4 is 5.73 Å². The van der Waals surface area contributed by atoms with Gasteiger partial charge in [-0.3, -0.25) is 0 Å². The number of nitrogen functional groups attached to an aromatic ring is 1. The molecule has 1 aliphatic heterocycles. The van der Waals surface area contributed by atoms with Crippen LogP contribution in [-0.2, 0) is 6.42 Å². The minimum atomic E-state index is -0.231. The summed E-state index contributed by atoms with van der Waals surface area (Å²) in [5, 5.41) is 0. The van der Waals surface area contributed by atoms with Crippen LogP contribution in [0.5, 0.6) is 0 Å². The number of hydrogen-bond donors (Lipinski definition) is 1. The molecule has 1 aromatic carbocycles. The highest BCUT2D eigenvalue weighted by Gasteiger charge is 2.22. The van der Waals surface area contributed by atoms with E-state index >= 15 is 0 Å². The molecule has 1 saturated carbocycles. The van der Waals surface area contributed by atoms with E-state index in [1.54, 1.807) is 0 Å². The van der Waals surface area contributed by atoms with Crippen LogP contribution >= 0.6 is 0 Å². The van der Waals surface area contributed by atoms with Crippen molar-refractivity contribution in [3.05, 3.63) is 29.6 Å². The van der Waals surface area contributed by atoms with E-state index in [4.69, 9.17) is 5.73 Å². The lowest BCUT2D eigenvalue weighted by atomic mass is 9.87. The average molecular weight is 333 g/mol. The number of hydrogen-bond acceptors (Lipinski definition) is 2. The minimum absolute atomic E-state index is 0.231. The summed E-state index contributed by atoms with van der Waals surface area (Å²) in [5.41, 5.74) is 7.70. The van der Waals surface area contributed by atoms with Crippen molar-refractivity contribution in [1.82, 2.24) is 4.90 Å². The standard InChI is InChI=1S/C21H33FN2/c22-20-9-8-19(21(23)15-20)14-17-10-12-24(13-11-17)16-18-6-4-2-1-3-5-7-18/h8-9,15,17-18H,1-7,10-14,16,23H2. The van der Waals surface area contributed by atoms with Gasteiger partial charge in [-0.2, -0.15) is 0 Å². The SMILES string of the molecule is Nc1cc(F)ccc1CC1CCN(CC2CCCCCCC2)CC1. The van der Waals surface area contributed by atoms with Crippen LogP contribution in [0.3, 0.4) is 0 Å². The molecule has 3 rings (SSSR count). The monoisotopic (exact) mass is 332 g/mol. The molecule has 2 nitrogen and oxygen atoms in total. The lowest BCUT2D eigenvalue weighted by Gasteiger charge is -2.35. The number of anilines is 1. The van der Waals surface area contributed by atoms with Crippen molar-refractivity contribution in [1.29, 1.82) is 0 Å². The molecule has 3 heteroatoms. The number of benzene rings is 1. The van der Waals surface area contributed by atoms with E-state index in [-0.39, 0.29) is 5.82 Å². The molecule has 0 atom stereocenters. The van der Waals surface area contributed by atoms with E-state index in [1.807, 2.05) is 6.07 Å². The van der Waals surface area contributed by atoms with E-state index in [2.05, 4.69) is 4.90 Å². The van der Waals surface area contributed by atoms with Crippen LogP contribution in [0.2, 0.25) is 0 Å². The predicted octanol–water partition coefficient (Wildman–Crippen LogP) is 5.02. The van der Waals surface area contributed by atoms with Crippen molar-refractivity contribution in [3.8, 4) is 0 Å². The van der Waals surface area contributed by atoms with Gasteiger partial charge in [-0.1, -0.05) is 38.2 Å². The lowest BCUT2D eigenvalue weighted by molar-refractivity contribution is 0.149. The average Bonchev–Trinajstić information content (AvgIpc) is 2.54. The van der Waals surface area contributed by atoms with E-state index in [9.17, 15) is 4.39 Å². The first-order valence-electron chi connectivity index (χ1n) is 9.97. The number of halogens is 1. The second-order valence-corrected chi connectivity index (χ2v) is 8.00. The highest BCUT2D eigenvalue weighted by atomic mass is 19.1. The molecule has 24 heavy (non-hydrogen) atoms. The van der Waals surface area contributed by atoms with Gasteiger partial charge in [0.25, 0.3) is 0 Å². The Hall–Kier alpha value is -1.09. The molecule has 1 aliphatic carbocycles. The molecule has 134 valence electrons. The second-order valence-electron chi connectivity index (χ2n) is 8.00. The largest absolute Gasteiger partial charge is 0.398 e. The van der Waals surface area contributed by atoms with Crippen LogP contribution in [0.15, 0.2) is 18.2 Å². The fourth-order valence-electron chi connectivity index (χ4n) is 4.52. The third-order valence-electron chi connectivity index (χ3n) is 6.06. The maximum absolute atomic E-state index is 13.2. The molecule has 0 spiro atoms. The number of nitrogens with two attached hydrogens (primary N) is 1. The topological polar surface area (TPSA) is 29.3 Å². The van der Waals surface area contributed by atoms with Crippen molar-refractivity contribution in [2.24, 2.45) is 11.8 Å². The number of piperidine rings is 1. The summed E-state index contributed by atoms with van der Waals surface area (Å²) < 4.78 is 13.2. The summed E-state index contributed by atoms with van der Waals surface area (Å²) in [6.07, 6.45) is 13.6. The Morgan fingerprint density at radius 2 is 1.58 bits per heavy atom. The molecule has 0 aromatic heterocycles. The first kappa shape index (κ1) is 17.7. The summed E-state index contributed by atoms with van der Waals surface area (Å²) >= 11 is 0. The number of likely N-dealkylation sites (tertiary alicyclic amines) is 1. The Kier molecular flexibility index (Phi) is 6.53. The van der Waals surface area contributed by atoms with Crippen LogP contribution in [0.4, 0.5) is 10.1 Å². The second kappa shape index (κ2) is 8.84. The first-order valence-corrected chi connectivity index (χ1v) is 9.97. The third-order valence-corrected chi connectivity index (χ3v) is 6.06. The molecule has 1 heterocycles. The molecule has 0 bridgehead atoms. The fourth-order valence-corrected chi connectivity index (χ4v) is 4.52. The molecule has 0 amide bonds. The highest BCUT2D eigenvalue weighted by molar-refractivity contribution is 5.47. The van der Waals surface area contributed by atoms with Crippen molar-refractivity contribution in [2.45, 2.75) is 64.2 Å². The Morgan fingerprint density at radius 1 is 0.917 bits per heavy atom. The number of rotatable bonds is 4. The molecular weight excluding hydrogens is 299 g/mol. The normalized spacial score (nSPS) is 22.2. The smallest absolute Gasteiger partial charge is 0.125 e. The van der Waals surface area contributed by atoms with Gasteiger partial charge in [0.2, 0.25) is 0 Å². The molecule has 0 unspecified atom stereocenters. The van der Waals surface area contributed by atoms with Gasteiger partial charge in [0, 0.05) is 12.2 Å². The van der Waals surface area contributed by atoms with Gasteiger partial charge >= 0.3 is 0 Å². The zero-order valence-corrected chi connectivity index (χ0v) is 15.0.